The molecule has 1 N–H and O–H groups in total. The van der Waals surface area contributed by atoms with Gasteiger partial charge in [0.15, 0.2) is 11.6 Å². The molecule has 0 amide bonds. The molecule has 1 aromatic carbocycles. The van der Waals surface area contributed by atoms with E-state index in [4.69, 9.17) is 0 Å². The van der Waals surface area contributed by atoms with Crippen LogP contribution in [0.3, 0.4) is 0 Å². The van der Waals surface area contributed by atoms with Gasteiger partial charge in [-0.2, -0.15) is 5.10 Å². The summed E-state index contributed by atoms with van der Waals surface area (Å²) in [7, 11) is 0. The van der Waals surface area contributed by atoms with Crippen molar-refractivity contribution in [3.8, 4) is 0 Å². The molecule has 2 rings (SSSR count). The third-order valence-corrected chi connectivity index (χ3v) is 3.74. The summed E-state index contributed by atoms with van der Waals surface area (Å²) < 4.78 is 28.1. The maximum absolute atomic E-state index is 13.5. The van der Waals surface area contributed by atoms with E-state index in [0.29, 0.717) is 5.82 Å². The average molecular weight is 346 g/mol. The van der Waals surface area contributed by atoms with Crippen LogP contribution in [0.5, 0.6) is 0 Å². The van der Waals surface area contributed by atoms with Gasteiger partial charge in [0, 0.05) is 12.5 Å². The van der Waals surface area contributed by atoms with Gasteiger partial charge in [-0.15, -0.1) is 0 Å². The summed E-state index contributed by atoms with van der Waals surface area (Å²) in [4.78, 5) is 4.08. The standard InChI is InChI=1S/C13H14BrF2N3O/c1-7(2)19-11(17-6-18-19)5-10(20)8-3-4-9(15)13(16)12(8)14/h3-4,6-7,10,20H,5H2,1-2H3. The van der Waals surface area contributed by atoms with E-state index in [0.717, 1.165) is 6.07 Å². The summed E-state index contributed by atoms with van der Waals surface area (Å²) in [6.07, 6.45) is 0.575. The van der Waals surface area contributed by atoms with Crippen LogP contribution in [0.25, 0.3) is 0 Å². The fourth-order valence-corrected chi connectivity index (χ4v) is 2.52. The third-order valence-electron chi connectivity index (χ3n) is 2.94. The van der Waals surface area contributed by atoms with Gasteiger partial charge in [-0.3, -0.25) is 0 Å². The van der Waals surface area contributed by atoms with Crippen LogP contribution in [0.2, 0.25) is 0 Å². The first-order valence-electron chi connectivity index (χ1n) is 6.11. The van der Waals surface area contributed by atoms with Crippen molar-refractivity contribution in [1.29, 1.82) is 0 Å². The van der Waals surface area contributed by atoms with Crippen molar-refractivity contribution in [3.63, 3.8) is 0 Å². The molecule has 2 aromatic rings. The first-order valence-corrected chi connectivity index (χ1v) is 6.91. The topological polar surface area (TPSA) is 50.9 Å². The van der Waals surface area contributed by atoms with Gasteiger partial charge in [-0.05, 0) is 41.4 Å². The largest absolute Gasteiger partial charge is 0.388 e. The molecule has 0 bridgehead atoms. The molecule has 0 aliphatic carbocycles. The minimum absolute atomic E-state index is 0.0689. The molecule has 1 unspecified atom stereocenters. The summed E-state index contributed by atoms with van der Waals surface area (Å²) in [5.41, 5.74) is 0.280. The van der Waals surface area contributed by atoms with Gasteiger partial charge < -0.3 is 5.11 Å². The molecule has 0 spiro atoms. The Labute approximate surface area is 123 Å². The van der Waals surface area contributed by atoms with Crippen molar-refractivity contribution >= 4 is 15.9 Å². The Morgan fingerprint density at radius 2 is 2.05 bits per heavy atom. The van der Waals surface area contributed by atoms with Crippen molar-refractivity contribution in [2.75, 3.05) is 0 Å². The van der Waals surface area contributed by atoms with Crippen molar-refractivity contribution < 1.29 is 13.9 Å². The van der Waals surface area contributed by atoms with E-state index in [1.807, 2.05) is 13.8 Å². The van der Waals surface area contributed by atoms with Crippen molar-refractivity contribution in [2.24, 2.45) is 0 Å². The first-order chi connectivity index (χ1) is 9.41. The van der Waals surface area contributed by atoms with E-state index in [-0.39, 0.29) is 22.5 Å². The highest BCUT2D eigenvalue weighted by molar-refractivity contribution is 9.10. The molecule has 20 heavy (non-hydrogen) atoms. The number of hydrogen-bond acceptors (Lipinski definition) is 3. The molecule has 1 aromatic heterocycles. The van der Waals surface area contributed by atoms with Crippen LogP contribution in [0.4, 0.5) is 8.78 Å². The van der Waals surface area contributed by atoms with Crippen LogP contribution in [-0.4, -0.2) is 19.9 Å². The smallest absolute Gasteiger partial charge is 0.173 e. The summed E-state index contributed by atoms with van der Waals surface area (Å²) >= 11 is 2.97. The fourth-order valence-electron chi connectivity index (χ4n) is 1.93. The zero-order valence-corrected chi connectivity index (χ0v) is 12.6. The van der Waals surface area contributed by atoms with E-state index in [9.17, 15) is 13.9 Å². The van der Waals surface area contributed by atoms with Gasteiger partial charge in [-0.25, -0.2) is 18.4 Å². The minimum atomic E-state index is -1.01. The highest BCUT2D eigenvalue weighted by Gasteiger charge is 2.20. The predicted molar refractivity (Wildman–Crippen MR) is 73.1 cm³/mol. The lowest BCUT2D eigenvalue weighted by Gasteiger charge is -2.15. The van der Waals surface area contributed by atoms with Crippen molar-refractivity contribution in [1.82, 2.24) is 14.8 Å². The number of hydrogen-bond donors (Lipinski definition) is 1. The van der Waals surface area contributed by atoms with E-state index in [1.165, 1.54) is 12.4 Å². The first kappa shape index (κ1) is 15.1. The zero-order valence-electron chi connectivity index (χ0n) is 11.0. The Hall–Kier alpha value is -1.34. The van der Waals surface area contributed by atoms with Gasteiger partial charge >= 0.3 is 0 Å². The van der Waals surface area contributed by atoms with E-state index in [1.54, 1.807) is 4.68 Å². The lowest BCUT2D eigenvalue weighted by Crippen LogP contribution is -2.13. The van der Waals surface area contributed by atoms with Gasteiger partial charge in [0.25, 0.3) is 0 Å². The molecule has 0 fully saturated rings. The Kier molecular flexibility index (Phi) is 4.49. The molecular weight excluding hydrogens is 332 g/mol. The third kappa shape index (κ3) is 2.88. The summed E-state index contributed by atoms with van der Waals surface area (Å²) in [6, 6.07) is 2.45. The number of rotatable bonds is 4. The quantitative estimate of drug-likeness (QED) is 0.866. The number of benzene rings is 1. The lowest BCUT2D eigenvalue weighted by atomic mass is 10.1. The van der Waals surface area contributed by atoms with Crippen LogP contribution in [0, 0.1) is 11.6 Å². The molecule has 0 aliphatic heterocycles. The Morgan fingerprint density at radius 3 is 2.70 bits per heavy atom. The molecule has 1 heterocycles. The Morgan fingerprint density at radius 1 is 1.35 bits per heavy atom. The number of nitrogens with zero attached hydrogens (tertiary/aromatic N) is 3. The van der Waals surface area contributed by atoms with E-state index in [2.05, 4.69) is 26.0 Å². The molecule has 0 aliphatic rings. The number of aliphatic hydroxyl groups is 1. The van der Waals surface area contributed by atoms with Gasteiger partial charge in [0.05, 0.1) is 10.6 Å². The van der Waals surface area contributed by atoms with Crippen LogP contribution >= 0.6 is 15.9 Å². The maximum Gasteiger partial charge on any atom is 0.173 e. The second kappa shape index (κ2) is 5.97. The Bertz CT molecular complexity index is 616. The molecule has 0 saturated carbocycles. The fraction of sp³-hybridized carbons (Fsp3) is 0.385. The highest BCUT2D eigenvalue weighted by atomic mass is 79.9. The highest BCUT2D eigenvalue weighted by Crippen LogP contribution is 2.29. The van der Waals surface area contributed by atoms with E-state index >= 15 is 0 Å². The second-order valence-electron chi connectivity index (χ2n) is 4.70. The predicted octanol–water partition coefficient (Wildman–Crippen LogP) is 3.18. The van der Waals surface area contributed by atoms with E-state index < -0.39 is 17.7 Å². The molecule has 0 saturated heterocycles. The number of aromatic nitrogens is 3. The number of aliphatic hydroxyl groups excluding tert-OH is 1. The second-order valence-corrected chi connectivity index (χ2v) is 5.49. The monoisotopic (exact) mass is 345 g/mol. The normalized spacial score (nSPS) is 12.9. The summed E-state index contributed by atoms with van der Waals surface area (Å²) in [5.74, 6) is -1.38. The molecule has 7 heteroatoms. The van der Waals surface area contributed by atoms with Crippen LogP contribution in [-0.2, 0) is 6.42 Å². The average Bonchev–Trinajstić information content (AvgIpc) is 2.84. The van der Waals surface area contributed by atoms with Gasteiger partial charge in [0.1, 0.15) is 12.2 Å². The van der Waals surface area contributed by atoms with Gasteiger partial charge in [0.2, 0.25) is 0 Å². The number of halogens is 3. The van der Waals surface area contributed by atoms with Crippen molar-refractivity contribution in [3.05, 3.63) is 46.0 Å². The minimum Gasteiger partial charge on any atom is -0.388 e. The van der Waals surface area contributed by atoms with Crippen LogP contribution in [0.1, 0.15) is 37.4 Å². The SMILES string of the molecule is CC(C)n1ncnc1CC(O)c1ccc(F)c(F)c1Br. The summed E-state index contributed by atoms with van der Waals surface area (Å²) in [6.45, 7) is 3.88. The van der Waals surface area contributed by atoms with Gasteiger partial charge in [-0.1, -0.05) is 6.07 Å². The molecule has 0 radical (unpaired) electrons. The summed E-state index contributed by atoms with van der Waals surface area (Å²) in [5, 5.41) is 14.3. The van der Waals surface area contributed by atoms with Crippen LogP contribution in [0.15, 0.2) is 22.9 Å². The molecule has 1 atom stereocenters. The maximum atomic E-state index is 13.5. The molecule has 4 nitrogen and oxygen atoms in total. The Balaban J connectivity index is 2.26. The lowest BCUT2D eigenvalue weighted by molar-refractivity contribution is 0.172. The van der Waals surface area contributed by atoms with Crippen LogP contribution < -0.4 is 0 Å². The molecular formula is C13H14BrF2N3O. The van der Waals surface area contributed by atoms with Crippen molar-refractivity contribution in [2.45, 2.75) is 32.4 Å². The molecule has 108 valence electrons. The zero-order chi connectivity index (χ0) is 14.9.